The second-order valence-corrected chi connectivity index (χ2v) is 4.10. The van der Waals surface area contributed by atoms with E-state index in [1.165, 1.54) is 5.56 Å². The van der Waals surface area contributed by atoms with E-state index in [2.05, 4.69) is 0 Å². The zero-order valence-electron chi connectivity index (χ0n) is 10.0. The van der Waals surface area contributed by atoms with Crippen LogP contribution in [-0.4, -0.2) is 31.5 Å². The molecule has 16 heavy (non-hydrogen) atoms. The van der Waals surface area contributed by atoms with Gasteiger partial charge in [0, 0.05) is 26.2 Å². The monoisotopic (exact) mass is 223 g/mol. The molecule has 0 aliphatic rings. The van der Waals surface area contributed by atoms with Gasteiger partial charge in [-0.05, 0) is 18.9 Å². The van der Waals surface area contributed by atoms with Gasteiger partial charge in [-0.1, -0.05) is 29.8 Å². The van der Waals surface area contributed by atoms with Crippen molar-refractivity contribution < 1.29 is 9.84 Å². The van der Waals surface area contributed by atoms with E-state index in [1.54, 1.807) is 7.11 Å². The fourth-order valence-corrected chi connectivity index (χ4v) is 1.77. The Hall–Kier alpha value is -0.900. The predicted octanol–water partition coefficient (Wildman–Crippen LogP) is 1.43. The molecular weight excluding hydrogens is 202 g/mol. The van der Waals surface area contributed by atoms with E-state index >= 15 is 0 Å². The smallest absolute Gasteiger partial charge is 0.0642 e. The van der Waals surface area contributed by atoms with Crippen LogP contribution in [0.1, 0.15) is 23.5 Å². The minimum atomic E-state index is -0.437. The highest BCUT2D eigenvalue weighted by atomic mass is 16.5. The van der Waals surface area contributed by atoms with E-state index in [0.29, 0.717) is 19.6 Å². The van der Waals surface area contributed by atoms with Crippen LogP contribution in [0.4, 0.5) is 0 Å². The van der Waals surface area contributed by atoms with Crippen LogP contribution in [0.2, 0.25) is 0 Å². The highest BCUT2D eigenvalue weighted by Gasteiger charge is 2.19. The van der Waals surface area contributed by atoms with E-state index in [4.69, 9.17) is 10.5 Å². The number of aryl methyl sites for hydroxylation is 1. The maximum absolute atomic E-state index is 10.0. The Bertz CT molecular complexity index is 297. The summed E-state index contributed by atoms with van der Waals surface area (Å²) < 4.78 is 4.96. The molecule has 0 heterocycles. The fraction of sp³-hybridized carbons (Fsp3) is 0.538. The van der Waals surface area contributed by atoms with Gasteiger partial charge >= 0.3 is 0 Å². The van der Waals surface area contributed by atoms with Crippen molar-refractivity contribution in [3.8, 4) is 0 Å². The van der Waals surface area contributed by atoms with Crippen LogP contribution in [0.25, 0.3) is 0 Å². The number of ether oxygens (including phenoxy) is 1. The van der Waals surface area contributed by atoms with Crippen molar-refractivity contribution in [1.29, 1.82) is 0 Å². The summed E-state index contributed by atoms with van der Waals surface area (Å²) in [5.41, 5.74) is 8.02. The molecule has 2 atom stereocenters. The van der Waals surface area contributed by atoms with E-state index < -0.39 is 6.10 Å². The van der Waals surface area contributed by atoms with Crippen molar-refractivity contribution in [1.82, 2.24) is 0 Å². The normalized spacial score (nSPS) is 14.8. The highest BCUT2D eigenvalue weighted by Crippen LogP contribution is 2.21. The Morgan fingerprint density at radius 2 is 1.94 bits per heavy atom. The molecule has 3 nitrogen and oxygen atoms in total. The molecule has 1 aromatic carbocycles. The number of rotatable bonds is 6. The summed E-state index contributed by atoms with van der Waals surface area (Å²) in [5.74, 6) is -0.00394. The fourth-order valence-electron chi connectivity index (χ4n) is 1.77. The van der Waals surface area contributed by atoms with Crippen molar-refractivity contribution in [2.75, 3.05) is 20.3 Å². The number of aliphatic hydroxyl groups excluding tert-OH is 1. The second-order valence-electron chi connectivity index (χ2n) is 4.10. The summed E-state index contributed by atoms with van der Waals surface area (Å²) in [6.45, 7) is 3.06. The van der Waals surface area contributed by atoms with Gasteiger partial charge in [0.2, 0.25) is 0 Å². The molecule has 90 valence electrons. The molecule has 2 unspecified atom stereocenters. The first-order chi connectivity index (χ1) is 7.69. The molecule has 0 aliphatic carbocycles. The Labute approximate surface area is 97.2 Å². The van der Waals surface area contributed by atoms with Crippen LogP contribution in [0.5, 0.6) is 0 Å². The maximum atomic E-state index is 10.0. The Kier molecular flexibility index (Phi) is 5.46. The largest absolute Gasteiger partial charge is 0.392 e. The number of nitrogens with two attached hydrogens (primary N) is 1. The summed E-state index contributed by atoms with van der Waals surface area (Å²) in [6.07, 6.45) is 0.180. The second kappa shape index (κ2) is 6.63. The minimum Gasteiger partial charge on any atom is -0.392 e. The van der Waals surface area contributed by atoms with E-state index in [9.17, 15) is 5.11 Å². The van der Waals surface area contributed by atoms with Gasteiger partial charge in [0.25, 0.3) is 0 Å². The third-order valence-corrected chi connectivity index (χ3v) is 2.84. The van der Waals surface area contributed by atoms with Crippen molar-refractivity contribution in [3.05, 3.63) is 35.4 Å². The summed E-state index contributed by atoms with van der Waals surface area (Å²) in [7, 11) is 1.63. The number of benzene rings is 1. The molecular formula is C13H21NO2. The lowest BCUT2D eigenvalue weighted by Crippen LogP contribution is -2.27. The predicted molar refractivity (Wildman–Crippen MR) is 65.5 cm³/mol. The van der Waals surface area contributed by atoms with E-state index in [1.807, 2.05) is 31.2 Å². The molecule has 0 aromatic heterocycles. The summed E-state index contributed by atoms with van der Waals surface area (Å²) in [5, 5.41) is 10.0. The average molecular weight is 223 g/mol. The van der Waals surface area contributed by atoms with Crippen LogP contribution >= 0.6 is 0 Å². The molecule has 0 saturated heterocycles. The lowest BCUT2D eigenvalue weighted by Gasteiger charge is -2.21. The molecule has 3 heteroatoms. The third kappa shape index (κ3) is 3.59. The molecule has 0 amide bonds. The van der Waals surface area contributed by atoms with E-state index in [-0.39, 0.29) is 5.92 Å². The first-order valence-corrected chi connectivity index (χ1v) is 5.62. The van der Waals surface area contributed by atoms with Gasteiger partial charge in [-0.3, -0.25) is 0 Å². The SMILES string of the molecule is COCCC(O)C(CN)c1ccc(C)cc1. The van der Waals surface area contributed by atoms with Crippen LogP contribution in [0, 0.1) is 6.92 Å². The minimum absolute atomic E-state index is 0.00394. The van der Waals surface area contributed by atoms with Crippen LogP contribution in [-0.2, 0) is 4.74 Å². The Balaban J connectivity index is 2.69. The molecule has 0 aliphatic heterocycles. The maximum Gasteiger partial charge on any atom is 0.0642 e. The Morgan fingerprint density at radius 3 is 2.44 bits per heavy atom. The Morgan fingerprint density at radius 1 is 1.31 bits per heavy atom. The van der Waals surface area contributed by atoms with Gasteiger partial charge < -0.3 is 15.6 Å². The number of hydrogen-bond acceptors (Lipinski definition) is 3. The zero-order valence-corrected chi connectivity index (χ0v) is 10.0. The van der Waals surface area contributed by atoms with Gasteiger partial charge in [-0.25, -0.2) is 0 Å². The number of methoxy groups -OCH3 is 1. The average Bonchev–Trinajstić information content (AvgIpc) is 2.30. The van der Waals surface area contributed by atoms with Gasteiger partial charge in [-0.15, -0.1) is 0 Å². The molecule has 0 bridgehead atoms. The van der Waals surface area contributed by atoms with Crippen molar-refractivity contribution in [3.63, 3.8) is 0 Å². The molecule has 0 fully saturated rings. The number of aliphatic hydroxyl groups is 1. The summed E-state index contributed by atoms with van der Waals surface area (Å²) in [4.78, 5) is 0. The first kappa shape index (κ1) is 13.2. The van der Waals surface area contributed by atoms with Crippen molar-refractivity contribution in [2.24, 2.45) is 5.73 Å². The van der Waals surface area contributed by atoms with Gasteiger partial charge in [0.05, 0.1) is 6.10 Å². The standard InChI is InChI=1S/C13H21NO2/c1-10-3-5-11(6-4-10)12(9-14)13(15)7-8-16-2/h3-6,12-13,15H,7-9,14H2,1-2H3. The summed E-state index contributed by atoms with van der Waals surface area (Å²) in [6, 6.07) is 8.15. The molecule has 0 spiro atoms. The van der Waals surface area contributed by atoms with Crippen molar-refractivity contribution in [2.45, 2.75) is 25.4 Å². The first-order valence-electron chi connectivity index (χ1n) is 5.62. The molecule has 0 saturated carbocycles. The third-order valence-electron chi connectivity index (χ3n) is 2.84. The highest BCUT2D eigenvalue weighted by molar-refractivity contribution is 5.25. The topological polar surface area (TPSA) is 55.5 Å². The summed E-state index contributed by atoms with van der Waals surface area (Å²) >= 11 is 0. The van der Waals surface area contributed by atoms with Crippen LogP contribution in [0.3, 0.4) is 0 Å². The van der Waals surface area contributed by atoms with Gasteiger partial charge in [0.15, 0.2) is 0 Å². The molecule has 1 rings (SSSR count). The molecule has 0 radical (unpaired) electrons. The van der Waals surface area contributed by atoms with Crippen LogP contribution < -0.4 is 5.73 Å². The van der Waals surface area contributed by atoms with Gasteiger partial charge in [-0.2, -0.15) is 0 Å². The van der Waals surface area contributed by atoms with Crippen LogP contribution in [0.15, 0.2) is 24.3 Å². The lowest BCUT2D eigenvalue weighted by molar-refractivity contribution is 0.0920. The molecule has 1 aromatic rings. The van der Waals surface area contributed by atoms with E-state index in [0.717, 1.165) is 5.56 Å². The molecule has 3 N–H and O–H groups in total. The van der Waals surface area contributed by atoms with Gasteiger partial charge in [0.1, 0.15) is 0 Å². The zero-order chi connectivity index (χ0) is 12.0. The van der Waals surface area contributed by atoms with Crippen molar-refractivity contribution >= 4 is 0 Å². The number of hydrogen-bond donors (Lipinski definition) is 2. The quantitative estimate of drug-likeness (QED) is 0.767. The lowest BCUT2D eigenvalue weighted by atomic mass is 9.91.